The van der Waals surface area contributed by atoms with E-state index in [4.69, 9.17) is 11.6 Å². The summed E-state index contributed by atoms with van der Waals surface area (Å²) in [5.41, 5.74) is 1.42. The van der Waals surface area contributed by atoms with Crippen molar-refractivity contribution in [2.24, 2.45) is 0 Å². The summed E-state index contributed by atoms with van der Waals surface area (Å²) in [6.07, 6.45) is 0. The van der Waals surface area contributed by atoms with Crippen molar-refractivity contribution in [1.29, 1.82) is 0 Å². The lowest BCUT2D eigenvalue weighted by Gasteiger charge is -2.07. The van der Waals surface area contributed by atoms with Crippen LogP contribution in [-0.4, -0.2) is 16.1 Å². The van der Waals surface area contributed by atoms with Crippen molar-refractivity contribution in [2.75, 3.05) is 5.32 Å². The topological polar surface area (TPSA) is 54.9 Å². The smallest absolute Gasteiger partial charge is 0.258 e. The van der Waals surface area contributed by atoms with Crippen molar-refractivity contribution >= 4 is 57.1 Å². The molecule has 0 saturated carbocycles. The van der Waals surface area contributed by atoms with Gasteiger partial charge in [0.25, 0.3) is 5.91 Å². The van der Waals surface area contributed by atoms with E-state index in [0.29, 0.717) is 20.7 Å². The van der Waals surface area contributed by atoms with E-state index in [1.807, 2.05) is 48.5 Å². The van der Waals surface area contributed by atoms with Gasteiger partial charge < -0.3 is 0 Å². The number of thiophene rings is 1. The molecule has 0 bridgehead atoms. The number of hydrogen-bond acceptors (Lipinski definition) is 6. The van der Waals surface area contributed by atoms with Crippen molar-refractivity contribution in [3.63, 3.8) is 0 Å². The van der Waals surface area contributed by atoms with Crippen LogP contribution in [0.1, 0.15) is 15.2 Å². The summed E-state index contributed by atoms with van der Waals surface area (Å²) in [6, 6.07) is 19.1. The van der Waals surface area contributed by atoms with Gasteiger partial charge in [-0.25, -0.2) is 0 Å². The third-order valence-electron chi connectivity index (χ3n) is 3.83. The van der Waals surface area contributed by atoms with Crippen molar-refractivity contribution in [3.8, 4) is 10.6 Å². The van der Waals surface area contributed by atoms with Crippen molar-refractivity contribution in [1.82, 2.24) is 10.2 Å². The van der Waals surface area contributed by atoms with Crippen LogP contribution < -0.4 is 5.32 Å². The summed E-state index contributed by atoms with van der Waals surface area (Å²) in [5.74, 6) is 0.633. The maximum Gasteiger partial charge on any atom is 0.258 e. The van der Waals surface area contributed by atoms with E-state index in [1.54, 1.807) is 29.2 Å². The number of benzene rings is 2. The maximum atomic E-state index is 12.8. The average Bonchev–Trinajstić information content (AvgIpc) is 3.39. The molecule has 2 aromatic carbocycles. The Hall–Kier alpha value is -2.19. The highest BCUT2D eigenvalue weighted by molar-refractivity contribution is 7.98. The summed E-state index contributed by atoms with van der Waals surface area (Å²) >= 11 is 10.9. The molecule has 0 unspecified atom stereocenters. The first-order valence-corrected chi connectivity index (χ1v) is 11.4. The van der Waals surface area contributed by atoms with Crippen LogP contribution in [0.2, 0.25) is 5.02 Å². The largest absolute Gasteiger partial charge is 0.296 e. The normalized spacial score (nSPS) is 10.8. The summed E-state index contributed by atoms with van der Waals surface area (Å²) < 4.78 is 0. The molecule has 2 heterocycles. The molecule has 0 aliphatic rings. The second kappa shape index (κ2) is 8.87. The Bertz CT molecular complexity index is 1100. The first-order valence-electron chi connectivity index (χ1n) is 8.34. The molecule has 0 aliphatic carbocycles. The average molecular weight is 444 g/mol. The zero-order valence-corrected chi connectivity index (χ0v) is 17.7. The number of carbonyl (C=O) groups is 1. The first-order chi connectivity index (χ1) is 13.7. The monoisotopic (exact) mass is 443 g/mol. The van der Waals surface area contributed by atoms with E-state index in [0.717, 1.165) is 16.2 Å². The number of rotatable bonds is 6. The molecule has 0 spiro atoms. The Morgan fingerprint density at radius 1 is 1.04 bits per heavy atom. The summed E-state index contributed by atoms with van der Waals surface area (Å²) in [5, 5.41) is 14.9. The molecule has 4 aromatic rings. The lowest BCUT2D eigenvalue weighted by molar-refractivity contribution is 0.102. The number of hydrogen-bond donors (Lipinski definition) is 1. The molecule has 2 aromatic heterocycles. The van der Waals surface area contributed by atoms with E-state index < -0.39 is 0 Å². The van der Waals surface area contributed by atoms with Crippen molar-refractivity contribution in [2.45, 2.75) is 10.6 Å². The Kier molecular flexibility index (Phi) is 6.07. The van der Waals surface area contributed by atoms with Gasteiger partial charge in [-0.05, 0) is 29.6 Å². The minimum absolute atomic E-state index is 0.198. The zero-order chi connectivity index (χ0) is 19.3. The fourth-order valence-electron chi connectivity index (χ4n) is 2.51. The third kappa shape index (κ3) is 4.44. The highest BCUT2D eigenvalue weighted by Crippen LogP contribution is 2.32. The molecule has 140 valence electrons. The van der Waals surface area contributed by atoms with E-state index in [-0.39, 0.29) is 5.91 Å². The van der Waals surface area contributed by atoms with Gasteiger partial charge in [-0.2, -0.15) is 0 Å². The molecular formula is C20H14ClN3OS3. The predicted molar refractivity (Wildman–Crippen MR) is 119 cm³/mol. The maximum absolute atomic E-state index is 12.8. The Morgan fingerprint density at radius 2 is 1.86 bits per heavy atom. The standard InChI is InChI=1S/C20H14ClN3OS3/c21-16-9-3-1-7-14(16)19-23-24-20(28-19)22-18(25)15-8-2-4-10-17(15)27-12-13-6-5-11-26-13/h1-11H,12H2,(H,22,24,25). The minimum atomic E-state index is -0.198. The molecule has 0 radical (unpaired) electrons. The van der Waals surface area contributed by atoms with Crippen LogP contribution in [0, 0.1) is 0 Å². The van der Waals surface area contributed by atoms with Gasteiger partial charge in [0.1, 0.15) is 0 Å². The number of aromatic nitrogens is 2. The second-order valence-corrected chi connectivity index (χ2v) is 9.14. The van der Waals surface area contributed by atoms with Crippen LogP contribution in [0.15, 0.2) is 70.9 Å². The lowest BCUT2D eigenvalue weighted by atomic mass is 10.2. The highest BCUT2D eigenvalue weighted by atomic mass is 35.5. The summed E-state index contributed by atoms with van der Waals surface area (Å²) in [7, 11) is 0. The number of thioether (sulfide) groups is 1. The van der Waals surface area contributed by atoms with Gasteiger partial charge in [0.2, 0.25) is 5.13 Å². The number of nitrogens with one attached hydrogen (secondary N) is 1. The number of nitrogens with zero attached hydrogens (tertiary/aromatic N) is 2. The molecule has 0 aliphatic heterocycles. The fourth-order valence-corrected chi connectivity index (χ4v) is 5.39. The zero-order valence-electron chi connectivity index (χ0n) is 14.5. The quantitative estimate of drug-likeness (QED) is 0.347. The van der Waals surface area contributed by atoms with E-state index in [9.17, 15) is 4.79 Å². The SMILES string of the molecule is O=C(Nc1nnc(-c2ccccc2Cl)s1)c1ccccc1SCc1cccs1. The van der Waals surface area contributed by atoms with Gasteiger partial charge >= 0.3 is 0 Å². The van der Waals surface area contributed by atoms with Gasteiger partial charge in [0, 0.05) is 21.1 Å². The first kappa shape index (κ1) is 19.1. The highest BCUT2D eigenvalue weighted by Gasteiger charge is 2.15. The molecule has 1 N–H and O–H groups in total. The van der Waals surface area contributed by atoms with E-state index in [1.165, 1.54) is 16.2 Å². The van der Waals surface area contributed by atoms with Crippen LogP contribution in [0.3, 0.4) is 0 Å². The van der Waals surface area contributed by atoms with Gasteiger partial charge in [-0.15, -0.1) is 33.3 Å². The number of anilines is 1. The predicted octanol–water partition coefficient (Wildman–Crippen LogP) is 6.46. The van der Waals surface area contributed by atoms with E-state index in [2.05, 4.69) is 27.0 Å². The lowest BCUT2D eigenvalue weighted by Crippen LogP contribution is -2.12. The van der Waals surface area contributed by atoms with Gasteiger partial charge in [0.15, 0.2) is 5.01 Å². The molecule has 0 fully saturated rings. The number of halogens is 1. The van der Waals surface area contributed by atoms with Crippen LogP contribution >= 0.6 is 46.0 Å². The van der Waals surface area contributed by atoms with Crippen LogP contribution in [0.25, 0.3) is 10.6 Å². The fraction of sp³-hybridized carbons (Fsp3) is 0.0500. The molecule has 1 amide bonds. The van der Waals surface area contributed by atoms with Gasteiger partial charge in [0.05, 0.1) is 10.6 Å². The Balaban J connectivity index is 1.49. The summed E-state index contributed by atoms with van der Waals surface area (Å²) in [6.45, 7) is 0. The summed E-state index contributed by atoms with van der Waals surface area (Å²) in [4.78, 5) is 15.0. The molecular weight excluding hydrogens is 430 g/mol. The number of amides is 1. The van der Waals surface area contributed by atoms with Crippen molar-refractivity contribution < 1.29 is 4.79 Å². The molecule has 4 rings (SSSR count). The second-order valence-electron chi connectivity index (χ2n) is 5.71. The van der Waals surface area contributed by atoms with Crippen molar-refractivity contribution in [3.05, 3.63) is 81.5 Å². The Morgan fingerprint density at radius 3 is 2.68 bits per heavy atom. The van der Waals surface area contributed by atoms with E-state index >= 15 is 0 Å². The number of carbonyl (C=O) groups excluding carboxylic acids is 1. The Labute approximate surface area is 179 Å². The third-order valence-corrected chi connectivity index (χ3v) is 7.21. The van der Waals surface area contributed by atoms with Crippen LogP contribution in [-0.2, 0) is 5.75 Å². The van der Waals surface area contributed by atoms with Gasteiger partial charge in [-0.1, -0.05) is 59.3 Å². The van der Waals surface area contributed by atoms with Crippen LogP contribution in [0.5, 0.6) is 0 Å². The van der Waals surface area contributed by atoms with Gasteiger partial charge in [-0.3, -0.25) is 10.1 Å². The molecule has 8 heteroatoms. The minimum Gasteiger partial charge on any atom is -0.296 e. The molecule has 4 nitrogen and oxygen atoms in total. The molecule has 0 atom stereocenters. The molecule has 28 heavy (non-hydrogen) atoms. The molecule has 0 saturated heterocycles. The van der Waals surface area contributed by atoms with Crippen LogP contribution in [0.4, 0.5) is 5.13 Å².